The Balaban J connectivity index is 2.31. The molecule has 0 aliphatic carbocycles. The van der Waals surface area contributed by atoms with Crippen molar-refractivity contribution in [2.75, 3.05) is 11.9 Å². The average molecular weight is 290 g/mol. The van der Waals surface area contributed by atoms with Gasteiger partial charge in [0.05, 0.1) is 6.04 Å². The van der Waals surface area contributed by atoms with E-state index in [9.17, 15) is 0 Å². The summed E-state index contributed by atoms with van der Waals surface area (Å²) >= 11 is 6.27. The van der Waals surface area contributed by atoms with Gasteiger partial charge in [-0.2, -0.15) is 0 Å². The van der Waals surface area contributed by atoms with Crippen molar-refractivity contribution in [2.24, 2.45) is 5.73 Å². The van der Waals surface area contributed by atoms with Gasteiger partial charge < -0.3 is 10.6 Å². The lowest BCUT2D eigenvalue weighted by molar-refractivity contribution is 0.725. The first kappa shape index (κ1) is 14.8. The lowest BCUT2D eigenvalue weighted by atomic mass is 10.1. The molecule has 2 rings (SSSR count). The molecule has 4 heteroatoms. The van der Waals surface area contributed by atoms with E-state index in [-0.39, 0.29) is 6.04 Å². The van der Waals surface area contributed by atoms with E-state index in [1.807, 2.05) is 37.5 Å². The van der Waals surface area contributed by atoms with Crippen LogP contribution in [0.1, 0.15) is 29.7 Å². The van der Waals surface area contributed by atoms with Crippen LogP contribution in [0.25, 0.3) is 0 Å². The van der Waals surface area contributed by atoms with Gasteiger partial charge in [0.25, 0.3) is 0 Å². The molecule has 0 amide bonds. The molecule has 0 aliphatic heterocycles. The molecule has 106 valence electrons. The summed E-state index contributed by atoms with van der Waals surface area (Å²) in [7, 11) is 2.03. The minimum Gasteiger partial charge on any atom is -0.353 e. The van der Waals surface area contributed by atoms with Gasteiger partial charge in [0.2, 0.25) is 0 Å². The van der Waals surface area contributed by atoms with Gasteiger partial charge in [-0.25, -0.2) is 4.98 Å². The van der Waals surface area contributed by atoms with Gasteiger partial charge in [-0.3, -0.25) is 0 Å². The highest BCUT2D eigenvalue weighted by Crippen LogP contribution is 2.30. The first-order valence-corrected chi connectivity index (χ1v) is 7.05. The molecule has 1 aromatic carbocycles. The SMILES string of the molecule is Cc1cc(CN)cnc1N(C)C(C)c1ccccc1Cl. The Kier molecular flexibility index (Phi) is 4.63. The van der Waals surface area contributed by atoms with E-state index in [0.717, 1.165) is 27.5 Å². The van der Waals surface area contributed by atoms with Crippen LogP contribution < -0.4 is 10.6 Å². The maximum absolute atomic E-state index is 6.27. The van der Waals surface area contributed by atoms with Gasteiger partial charge in [-0.05, 0) is 42.7 Å². The number of rotatable bonds is 4. The standard InChI is InChI=1S/C16H20ClN3/c1-11-8-13(9-18)10-19-16(11)20(3)12(2)14-6-4-5-7-15(14)17/h4-8,10,12H,9,18H2,1-3H3. The molecule has 1 unspecified atom stereocenters. The summed E-state index contributed by atoms with van der Waals surface area (Å²) in [6.07, 6.45) is 1.83. The van der Waals surface area contributed by atoms with Crippen molar-refractivity contribution in [1.82, 2.24) is 4.98 Å². The van der Waals surface area contributed by atoms with E-state index in [4.69, 9.17) is 17.3 Å². The quantitative estimate of drug-likeness (QED) is 0.933. The third-order valence-corrected chi connectivity index (χ3v) is 3.96. The summed E-state index contributed by atoms with van der Waals surface area (Å²) in [4.78, 5) is 6.66. The van der Waals surface area contributed by atoms with Crippen molar-refractivity contribution >= 4 is 17.4 Å². The monoisotopic (exact) mass is 289 g/mol. The number of pyridine rings is 1. The lowest BCUT2D eigenvalue weighted by Gasteiger charge is -2.28. The average Bonchev–Trinajstić information content (AvgIpc) is 2.46. The molecule has 2 N–H and O–H groups in total. The van der Waals surface area contributed by atoms with Crippen LogP contribution in [0, 0.1) is 6.92 Å². The number of aryl methyl sites for hydroxylation is 1. The van der Waals surface area contributed by atoms with Gasteiger partial charge in [0.1, 0.15) is 5.82 Å². The van der Waals surface area contributed by atoms with Crippen molar-refractivity contribution < 1.29 is 0 Å². The van der Waals surface area contributed by atoms with E-state index in [1.54, 1.807) is 0 Å². The smallest absolute Gasteiger partial charge is 0.131 e. The fourth-order valence-corrected chi connectivity index (χ4v) is 2.61. The molecule has 20 heavy (non-hydrogen) atoms. The molecule has 0 saturated heterocycles. The topological polar surface area (TPSA) is 42.1 Å². The summed E-state index contributed by atoms with van der Waals surface area (Å²) < 4.78 is 0. The molecule has 0 saturated carbocycles. The molecule has 0 aliphatic rings. The normalized spacial score (nSPS) is 12.2. The van der Waals surface area contributed by atoms with Gasteiger partial charge in [-0.1, -0.05) is 29.8 Å². The summed E-state index contributed by atoms with van der Waals surface area (Å²) in [5.74, 6) is 0.953. The van der Waals surface area contributed by atoms with E-state index in [2.05, 4.69) is 29.8 Å². The Labute approximate surface area is 125 Å². The third kappa shape index (κ3) is 2.94. The molecule has 0 radical (unpaired) electrons. The predicted octanol–water partition coefficient (Wildman–Crippen LogP) is 3.70. The molecule has 0 bridgehead atoms. The molecule has 1 atom stereocenters. The zero-order valence-corrected chi connectivity index (χ0v) is 12.9. The highest BCUT2D eigenvalue weighted by atomic mass is 35.5. The van der Waals surface area contributed by atoms with Crippen LogP contribution in [0.2, 0.25) is 5.02 Å². The van der Waals surface area contributed by atoms with Crippen molar-refractivity contribution in [3.63, 3.8) is 0 Å². The second-order valence-corrected chi connectivity index (χ2v) is 5.40. The minimum atomic E-state index is 0.152. The number of hydrogen-bond donors (Lipinski definition) is 1. The molecule has 0 fully saturated rings. The van der Waals surface area contributed by atoms with Crippen molar-refractivity contribution in [3.05, 3.63) is 58.2 Å². The Morgan fingerprint density at radius 1 is 1.35 bits per heavy atom. The summed E-state index contributed by atoms with van der Waals surface area (Å²) in [6.45, 7) is 4.69. The number of aromatic nitrogens is 1. The van der Waals surface area contributed by atoms with Crippen LogP contribution in [0.3, 0.4) is 0 Å². The molecular weight excluding hydrogens is 270 g/mol. The maximum Gasteiger partial charge on any atom is 0.131 e. The van der Waals surface area contributed by atoms with Gasteiger partial charge >= 0.3 is 0 Å². The van der Waals surface area contributed by atoms with Crippen LogP contribution in [-0.4, -0.2) is 12.0 Å². The Bertz CT molecular complexity index is 598. The summed E-state index contributed by atoms with van der Waals surface area (Å²) in [6, 6.07) is 10.1. The second-order valence-electron chi connectivity index (χ2n) is 5.00. The number of nitrogens with zero attached hydrogens (tertiary/aromatic N) is 2. The third-order valence-electron chi connectivity index (χ3n) is 3.61. The Morgan fingerprint density at radius 2 is 2.05 bits per heavy atom. The molecule has 1 aromatic heterocycles. The van der Waals surface area contributed by atoms with Crippen molar-refractivity contribution in [1.29, 1.82) is 0 Å². The fraction of sp³-hybridized carbons (Fsp3) is 0.312. The predicted molar refractivity (Wildman–Crippen MR) is 85.1 cm³/mol. The number of nitrogens with two attached hydrogens (primary N) is 1. The Morgan fingerprint density at radius 3 is 2.65 bits per heavy atom. The van der Waals surface area contributed by atoms with Gasteiger partial charge in [0, 0.05) is 24.8 Å². The number of halogens is 1. The zero-order chi connectivity index (χ0) is 14.7. The first-order valence-electron chi connectivity index (χ1n) is 6.67. The number of benzene rings is 1. The largest absolute Gasteiger partial charge is 0.353 e. The number of hydrogen-bond acceptors (Lipinski definition) is 3. The van der Waals surface area contributed by atoms with Crippen LogP contribution >= 0.6 is 11.6 Å². The van der Waals surface area contributed by atoms with E-state index in [0.29, 0.717) is 6.54 Å². The van der Waals surface area contributed by atoms with Crippen LogP contribution in [0.5, 0.6) is 0 Å². The molecule has 0 spiro atoms. The van der Waals surface area contributed by atoms with Crippen molar-refractivity contribution in [2.45, 2.75) is 26.4 Å². The van der Waals surface area contributed by atoms with Crippen LogP contribution in [0.15, 0.2) is 36.5 Å². The zero-order valence-electron chi connectivity index (χ0n) is 12.1. The molecule has 1 heterocycles. The first-order chi connectivity index (χ1) is 9.54. The lowest BCUT2D eigenvalue weighted by Crippen LogP contribution is -2.24. The van der Waals surface area contributed by atoms with E-state index in [1.165, 1.54) is 0 Å². The van der Waals surface area contributed by atoms with E-state index >= 15 is 0 Å². The maximum atomic E-state index is 6.27. The summed E-state index contributed by atoms with van der Waals surface area (Å²) in [5.41, 5.74) is 8.91. The minimum absolute atomic E-state index is 0.152. The Hall–Kier alpha value is -1.58. The fourth-order valence-electron chi connectivity index (χ4n) is 2.31. The van der Waals surface area contributed by atoms with Gasteiger partial charge in [0.15, 0.2) is 0 Å². The molecular formula is C16H20ClN3. The van der Waals surface area contributed by atoms with E-state index < -0.39 is 0 Å². The molecule has 2 aromatic rings. The van der Waals surface area contributed by atoms with Crippen LogP contribution in [0.4, 0.5) is 5.82 Å². The van der Waals surface area contributed by atoms with Crippen LogP contribution in [-0.2, 0) is 6.54 Å². The number of anilines is 1. The van der Waals surface area contributed by atoms with Crippen molar-refractivity contribution in [3.8, 4) is 0 Å². The molecule has 3 nitrogen and oxygen atoms in total. The second kappa shape index (κ2) is 6.25. The van der Waals surface area contributed by atoms with Gasteiger partial charge in [-0.15, -0.1) is 0 Å². The highest BCUT2D eigenvalue weighted by Gasteiger charge is 2.17. The highest BCUT2D eigenvalue weighted by molar-refractivity contribution is 6.31. The summed E-state index contributed by atoms with van der Waals surface area (Å²) in [5, 5.41) is 0.781.